The quantitative estimate of drug-likeness (QED) is 0.604. The standard InChI is InChI=1S/C20H20ClN5O3S/c21-17-4-2-1-3-15(17)12-26-19(7-9-23-26)24-20(27)13-25-10-8-14-5-6-16(11-18(14)25)30(22,28)29/h1-7,9,11H,8,10,12-13H2,(H,24,27)(H2,22,28,29). The van der Waals surface area contributed by atoms with Gasteiger partial charge in [-0.25, -0.2) is 18.2 Å². The van der Waals surface area contributed by atoms with Gasteiger partial charge in [-0.3, -0.25) is 4.79 Å². The van der Waals surface area contributed by atoms with Gasteiger partial charge in [0.05, 0.1) is 24.2 Å². The van der Waals surface area contributed by atoms with Crippen LogP contribution < -0.4 is 15.4 Å². The van der Waals surface area contributed by atoms with Crippen LogP contribution in [0.4, 0.5) is 11.5 Å². The predicted octanol–water partition coefficient (Wildman–Crippen LogP) is 2.23. The zero-order chi connectivity index (χ0) is 21.3. The molecule has 0 unspecified atom stereocenters. The summed E-state index contributed by atoms with van der Waals surface area (Å²) in [6, 6.07) is 13.9. The lowest BCUT2D eigenvalue weighted by molar-refractivity contribution is -0.115. The number of halogens is 1. The van der Waals surface area contributed by atoms with Gasteiger partial charge in [-0.15, -0.1) is 0 Å². The third-order valence-corrected chi connectivity index (χ3v) is 6.25. The average Bonchev–Trinajstić information content (AvgIpc) is 3.29. The van der Waals surface area contributed by atoms with Crippen LogP contribution in [0.1, 0.15) is 11.1 Å². The number of hydrogen-bond donors (Lipinski definition) is 2. The van der Waals surface area contributed by atoms with E-state index in [0.29, 0.717) is 29.6 Å². The maximum Gasteiger partial charge on any atom is 0.245 e. The first-order valence-electron chi connectivity index (χ1n) is 9.27. The highest BCUT2D eigenvalue weighted by atomic mass is 35.5. The van der Waals surface area contributed by atoms with Crippen molar-refractivity contribution in [1.29, 1.82) is 0 Å². The fourth-order valence-electron chi connectivity index (χ4n) is 3.48. The number of primary sulfonamides is 1. The van der Waals surface area contributed by atoms with Crippen molar-refractivity contribution in [2.24, 2.45) is 5.14 Å². The first-order chi connectivity index (χ1) is 14.3. The first kappa shape index (κ1) is 20.4. The first-order valence-corrected chi connectivity index (χ1v) is 11.2. The molecule has 10 heteroatoms. The molecule has 3 N–H and O–H groups in total. The number of aromatic nitrogens is 2. The molecule has 2 heterocycles. The third-order valence-electron chi connectivity index (χ3n) is 4.97. The van der Waals surface area contributed by atoms with Gasteiger partial charge in [0, 0.05) is 23.3 Å². The van der Waals surface area contributed by atoms with E-state index in [9.17, 15) is 13.2 Å². The lowest BCUT2D eigenvalue weighted by Crippen LogP contribution is -2.32. The second-order valence-corrected chi connectivity index (χ2v) is 8.99. The minimum atomic E-state index is -3.81. The second kappa shape index (κ2) is 8.10. The number of nitrogens with two attached hydrogens (primary N) is 1. The Morgan fingerprint density at radius 2 is 2.00 bits per heavy atom. The van der Waals surface area contributed by atoms with E-state index in [0.717, 1.165) is 17.5 Å². The summed E-state index contributed by atoms with van der Waals surface area (Å²) >= 11 is 6.22. The number of sulfonamides is 1. The van der Waals surface area contributed by atoms with E-state index in [1.807, 2.05) is 23.1 Å². The number of amides is 1. The van der Waals surface area contributed by atoms with Crippen LogP contribution in [0.25, 0.3) is 0 Å². The van der Waals surface area contributed by atoms with Crippen molar-refractivity contribution >= 4 is 39.0 Å². The molecule has 0 atom stereocenters. The minimum absolute atomic E-state index is 0.0337. The summed E-state index contributed by atoms with van der Waals surface area (Å²) in [5.41, 5.74) is 2.59. The molecule has 1 aromatic heterocycles. The lowest BCUT2D eigenvalue weighted by Gasteiger charge is -2.19. The fraction of sp³-hybridized carbons (Fsp3) is 0.200. The number of nitrogens with zero attached hydrogens (tertiary/aromatic N) is 3. The Kier molecular flexibility index (Phi) is 5.50. The number of anilines is 2. The molecule has 1 aliphatic rings. The van der Waals surface area contributed by atoms with Crippen molar-refractivity contribution in [2.75, 3.05) is 23.3 Å². The molecular weight excluding hydrogens is 426 g/mol. The van der Waals surface area contributed by atoms with E-state index in [2.05, 4.69) is 10.4 Å². The van der Waals surface area contributed by atoms with Gasteiger partial charge in [0.1, 0.15) is 5.82 Å². The number of rotatable bonds is 6. The van der Waals surface area contributed by atoms with E-state index >= 15 is 0 Å². The Hall–Kier alpha value is -2.88. The summed E-state index contributed by atoms with van der Waals surface area (Å²) in [4.78, 5) is 14.5. The fourth-order valence-corrected chi connectivity index (χ4v) is 4.20. The molecule has 0 radical (unpaired) electrons. The molecule has 0 bridgehead atoms. The molecule has 4 rings (SSSR count). The molecule has 0 fully saturated rings. The highest BCUT2D eigenvalue weighted by Gasteiger charge is 2.23. The van der Waals surface area contributed by atoms with Crippen LogP contribution in [0.2, 0.25) is 5.02 Å². The summed E-state index contributed by atoms with van der Waals surface area (Å²) in [6.07, 6.45) is 2.34. The van der Waals surface area contributed by atoms with Crippen molar-refractivity contribution in [2.45, 2.75) is 17.9 Å². The molecule has 0 spiro atoms. The van der Waals surface area contributed by atoms with Crippen LogP contribution in [-0.2, 0) is 27.8 Å². The van der Waals surface area contributed by atoms with Crippen LogP contribution in [0, 0.1) is 0 Å². The number of fused-ring (bicyclic) bond motifs is 1. The minimum Gasteiger partial charge on any atom is -0.362 e. The smallest absolute Gasteiger partial charge is 0.245 e. The van der Waals surface area contributed by atoms with E-state index in [1.54, 1.807) is 29.1 Å². The number of hydrogen-bond acceptors (Lipinski definition) is 5. The molecule has 30 heavy (non-hydrogen) atoms. The van der Waals surface area contributed by atoms with Crippen LogP contribution >= 0.6 is 11.6 Å². The number of carbonyl (C=O) groups is 1. The van der Waals surface area contributed by atoms with Crippen LogP contribution in [0.3, 0.4) is 0 Å². The normalized spacial score (nSPS) is 13.3. The molecular formula is C20H20ClN5O3S. The Balaban J connectivity index is 1.46. The highest BCUT2D eigenvalue weighted by molar-refractivity contribution is 7.89. The Bertz CT molecular complexity index is 1210. The van der Waals surface area contributed by atoms with Crippen molar-refractivity contribution in [3.8, 4) is 0 Å². The zero-order valence-electron chi connectivity index (χ0n) is 16.0. The van der Waals surface area contributed by atoms with E-state index in [1.165, 1.54) is 12.1 Å². The van der Waals surface area contributed by atoms with E-state index in [4.69, 9.17) is 16.7 Å². The Morgan fingerprint density at radius 1 is 1.20 bits per heavy atom. The van der Waals surface area contributed by atoms with Crippen molar-refractivity contribution in [1.82, 2.24) is 9.78 Å². The molecule has 1 aliphatic heterocycles. The second-order valence-electron chi connectivity index (χ2n) is 7.02. The number of benzene rings is 2. The highest BCUT2D eigenvalue weighted by Crippen LogP contribution is 2.30. The van der Waals surface area contributed by atoms with Gasteiger partial charge in [-0.1, -0.05) is 35.9 Å². The molecule has 1 amide bonds. The maximum atomic E-state index is 12.7. The maximum absolute atomic E-state index is 12.7. The third kappa shape index (κ3) is 4.33. The monoisotopic (exact) mass is 445 g/mol. The van der Waals surface area contributed by atoms with Gasteiger partial charge in [0.2, 0.25) is 15.9 Å². The van der Waals surface area contributed by atoms with E-state index in [-0.39, 0.29) is 17.3 Å². The van der Waals surface area contributed by atoms with Crippen molar-refractivity contribution in [3.05, 3.63) is 70.9 Å². The summed E-state index contributed by atoms with van der Waals surface area (Å²) in [6.45, 7) is 1.13. The molecule has 0 aliphatic carbocycles. The van der Waals surface area contributed by atoms with Gasteiger partial charge in [0.15, 0.2) is 0 Å². The topological polar surface area (TPSA) is 110 Å². The number of carbonyl (C=O) groups excluding carboxylic acids is 1. The van der Waals surface area contributed by atoms with Crippen LogP contribution in [-0.4, -0.2) is 37.2 Å². The lowest BCUT2D eigenvalue weighted by atomic mass is 10.2. The molecule has 0 saturated carbocycles. The average molecular weight is 446 g/mol. The molecule has 3 aromatic rings. The van der Waals surface area contributed by atoms with Gasteiger partial charge in [-0.2, -0.15) is 5.10 Å². The van der Waals surface area contributed by atoms with Crippen LogP contribution in [0.5, 0.6) is 0 Å². The van der Waals surface area contributed by atoms with E-state index < -0.39 is 10.0 Å². The molecule has 8 nitrogen and oxygen atoms in total. The summed E-state index contributed by atoms with van der Waals surface area (Å²) < 4.78 is 25.0. The largest absolute Gasteiger partial charge is 0.362 e. The van der Waals surface area contributed by atoms with Gasteiger partial charge >= 0.3 is 0 Å². The summed E-state index contributed by atoms with van der Waals surface area (Å²) in [5.74, 6) is 0.322. The van der Waals surface area contributed by atoms with Gasteiger partial charge < -0.3 is 10.2 Å². The molecule has 156 valence electrons. The zero-order valence-corrected chi connectivity index (χ0v) is 17.5. The van der Waals surface area contributed by atoms with Gasteiger partial charge in [0.25, 0.3) is 0 Å². The SMILES string of the molecule is NS(=O)(=O)c1ccc2c(c1)N(CC(=O)Nc1ccnn1Cc1ccccc1Cl)CC2. The summed E-state index contributed by atoms with van der Waals surface area (Å²) in [7, 11) is -3.81. The number of nitrogens with one attached hydrogen (secondary N) is 1. The summed E-state index contributed by atoms with van der Waals surface area (Å²) in [5, 5.41) is 13.0. The molecule has 2 aromatic carbocycles. The van der Waals surface area contributed by atoms with Crippen molar-refractivity contribution in [3.63, 3.8) is 0 Å². The van der Waals surface area contributed by atoms with Crippen molar-refractivity contribution < 1.29 is 13.2 Å². The Morgan fingerprint density at radius 3 is 2.77 bits per heavy atom. The molecule has 0 saturated heterocycles. The van der Waals surface area contributed by atoms with Crippen LogP contribution in [0.15, 0.2) is 59.6 Å². The Labute approximate surface area is 179 Å². The predicted molar refractivity (Wildman–Crippen MR) is 115 cm³/mol. The van der Waals surface area contributed by atoms with Gasteiger partial charge in [-0.05, 0) is 35.7 Å².